The summed E-state index contributed by atoms with van der Waals surface area (Å²) in [6.07, 6.45) is 2.37. The molecule has 1 aliphatic carbocycles. The maximum atomic E-state index is 12.6. The zero-order chi connectivity index (χ0) is 15.9. The predicted molar refractivity (Wildman–Crippen MR) is 88.6 cm³/mol. The minimum atomic E-state index is -0.164. The van der Waals surface area contributed by atoms with Crippen molar-refractivity contribution >= 4 is 17.5 Å². The summed E-state index contributed by atoms with van der Waals surface area (Å²) in [5.41, 5.74) is 3.14. The number of nitrogens with zero attached hydrogens (tertiary/aromatic N) is 3. The van der Waals surface area contributed by atoms with E-state index in [0.717, 1.165) is 22.1 Å². The van der Waals surface area contributed by atoms with Gasteiger partial charge in [-0.3, -0.25) is 4.79 Å². The first-order valence-electron chi connectivity index (χ1n) is 7.67. The Morgan fingerprint density at radius 1 is 1.23 bits per heavy atom. The molecular weight excluding hydrogens is 294 g/mol. The van der Waals surface area contributed by atoms with E-state index in [1.807, 2.05) is 39.0 Å². The van der Waals surface area contributed by atoms with E-state index >= 15 is 0 Å². The average Bonchev–Trinajstić information content (AvgIpc) is 3.26. The second-order valence-corrected chi connectivity index (χ2v) is 7.36. The van der Waals surface area contributed by atoms with Crippen LogP contribution in [0.5, 0.6) is 0 Å². The summed E-state index contributed by atoms with van der Waals surface area (Å²) in [4.78, 5) is 12.6. The van der Waals surface area contributed by atoms with Gasteiger partial charge in [0.15, 0.2) is 10.9 Å². The molecule has 1 aromatic carbocycles. The Bertz CT molecular complexity index is 719. The van der Waals surface area contributed by atoms with Crippen LogP contribution in [0.1, 0.15) is 53.1 Å². The Hall–Kier alpha value is -1.62. The van der Waals surface area contributed by atoms with E-state index in [2.05, 4.69) is 21.7 Å². The van der Waals surface area contributed by atoms with E-state index in [-0.39, 0.29) is 11.0 Å². The molecule has 2 aromatic rings. The monoisotopic (exact) mass is 315 g/mol. The largest absolute Gasteiger partial charge is 0.303 e. The molecule has 0 N–H and O–H groups in total. The molecular formula is C17H21N3OS. The molecule has 1 aromatic heterocycles. The van der Waals surface area contributed by atoms with E-state index in [0.29, 0.717) is 6.04 Å². The maximum Gasteiger partial charge on any atom is 0.192 e. The molecule has 5 heteroatoms. The number of hydrogen-bond donors (Lipinski definition) is 0. The van der Waals surface area contributed by atoms with Crippen LogP contribution in [0.25, 0.3) is 0 Å². The fourth-order valence-electron chi connectivity index (χ4n) is 2.52. The Balaban J connectivity index is 1.77. The smallest absolute Gasteiger partial charge is 0.192 e. The van der Waals surface area contributed by atoms with Gasteiger partial charge in [-0.25, -0.2) is 0 Å². The van der Waals surface area contributed by atoms with Gasteiger partial charge >= 0.3 is 0 Å². The van der Waals surface area contributed by atoms with Crippen LogP contribution < -0.4 is 0 Å². The summed E-state index contributed by atoms with van der Waals surface area (Å²) in [5, 5.41) is 9.12. The highest BCUT2D eigenvalue weighted by molar-refractivity contribution is 8.00. The highest BCUT2D eigenvalue weighted by Gasteiger charge is 2.30. The molecule has 3 rings (SSSR count). The van der Waals surface area contributed by atoms with Gasteiger partial charge in [0.1, 0.15) is 5.82 Å². The zero-order valence-electron chi connectivity index (χ0n) is 13.5. The normalized spacial score (nSPS) is 15.8. The van der Waals surface area contributed by atoms with Crippen LogP contribution in [0.3, 0.4) is 0 Å². The standard InChI is InChI=1S/C17H21N3OS/c1-10-5-6-14(9-11(10)2)16(21)12(3)22-17-19-18-13(4)20(17)15-7-8-15/h5-6,9,12,15H,7-8H2,1-4H3/t12-/m0/s1. The van der Waals surface area contributed by atoms with Crippen molar-refractivity contribution in [2.24, 2.45) is 0 Å². The van der Waals surface area contributed by atoms with Crippen LogP contribution >= 0.6 is 11.8 Å². The van der Waals surface area contributed by atoms with Crippen LogP contribution in [0.4, 0.5) is 0 Å². The van der Waals surface area contributed by atoms with Gasteiger partial charge in [-0.1, -0.05) is 23.9 Å². The second kappa shape index (κ2) is 5.88. The fraction of sp³-hybridized carbons (Fsp3) is 0.471. The van der Waals surface area contributed by atoms with Crippen molar-refractivity contribution in [2.75, 3.05) is 0 Å². The molecule has 1 aliphatic rings. The third-order valence-corrected chi connectivity index (χ3v) is 5.25. The van der Waals surface area contributed by atoms with Crippen LogP contribution in [0, 0.1) is 20.8 Å². The van der Waals surface area contributed by atoms with Gasteiger partial charge < -0.3 is 4.57 Å². The number of rotatable bonds is 5. The lowest BCUT2D eigenvalue weighted by Gasteiger charge is -2.12. The summed E-state index contributed by atoms with van der Waals surface area (Å²) in [5.74, 6) is 1.09. The fourth-order valence-corrected chi connectivity index (χ4v) is 3.57. The van der Waals surface area contributed by atoms with E-state index in [4.69, 9.17) is 0 Å². The number of hydrogen-bond acceptors (Lipinski definition) is 4. The van der Waals surface area contributed by atoms with Crippen molar-refractivity contribution in [1.82, 2.24) is 14.8 Å². The summed E-state index contributed by atoms with van der Waals surface area (Å²) < 4.78 is 2.18. The van der Waals surface area contributed by atoms with Crippen molar-refractivity contribution in [1.29, 1.82) is 0 Å². The maximum absolute atomic E-state index is 12.6. The Labute approximate surface area is 135 Å². The first-order valence-corrected chi connectivity index (χ1v) is 8.55. The minimum Gasteiger partial charge on any atom is -0.303 e. The summed E-state index contributed by atoms with van der Waals surface area (Å²) >= 11 is 1.51. The molecule has 22 heavy (non-hydrogen) atoms. The van der Waals surface area contributed by atoms with Crippen molar-refractivity contribution in [3.63, 3.8) is 0 Å². The molecule has 116 valence electrons. The lowest BCUT2D eigenvalue weighted by molar-refractivity contribution is 0.0993. The lowest BCUT2D eigenvalue weighted by atomic mass is 10.0. The molecule has 0 amide bonds. The van der Waals surface area contributed by atoms with Crippen LogP contribution in [0.15, 0.2) is 23.4 Å². The lowest BCUT2D eigenvalue weighted by Crippen LogP contribution is -2.15. The molecule has 0 saturated heterocycles. The van der Waals surface area contributed by atoms with Gasteiger partial charge in [0, 0.05) is 11.6 Å². The zero-order valence-corrected chi connectivity index (χ0v) is 14.3. The molecule has 1 heterocycles. The van der Waals surface area contributed by atoms with Crippen LogP contribution in [-0.2, 0) is 0 Å². The van der Waals surface area contributed by atoms with E-state index in [9.17, 15) is 4.79 Å². The van der Waals surface area contributed by atoms with Crippen LogP contribution in [-0.4, -0.2) is 25.8 Å². The number of aromatic nitrogens is 3. The highest BCUT2D eigenvalue weighted by Crippen LogP contribution is 2.39. The predicted octanol–water partition coefficient (Wildman–Crippen LogP) is 3.90. The topological polar surface area (TPSA) is 47.8 Å². The van der Waals surface area contributed by atoms with E-state index < -0.39 is 0 Å². The minimum absolute atomic E-state index is 0.149. The molecule has 1 saturated carbocycles. The van der Waals surface area contributed by atoms with Crippen molar-refractivity contribution < 1.29 is 4.79 Å². The van der Waals surface area contributed by atoms with Gasteiger partial charge in [-0.15, -0.1) is 10.2 Å². The third-order valence-electron chi connectivity index (χ3n) is 4.19. The molecule has 0 radical (unpaired) electrons. The number of carbonyl (C=O) groups is 1. The summed E-state index contributed by atoms with van der Waals surface area (Å²) in [6.45, 7) is 8.02. The van der Waals surface area contributed by atoms with Crippen LogP contribution in [0.2, 0.25) is 0 Å². The molecule has 0 aliphatic heterocycles. The van der Waals surface area contributed by atoms with Gasteiger partial charge in [0.25, 0.3) is 0 Å². The van der Waals surface area contributed by atoms with Gasteiger partial charge in [-0.05, 0) is 57.7 Å². The third kappa shape index (κ3) is 2.95. The van der Waals surface area contributed by atoms with Crippen molar-refractivity contribution in [3.05, 3.63) is 40.7 Å². The molecule has 4 nitrogen and oxygen atoms in total. The highest BCUT2D eigenvalue weighted by atomic mass is 32.2. The molecule has 1 atom stereocenters. The number of Topliss-reactive ketones (excluding diaryl/α,β-unsaturated/α-hetero) is 1. The Morgan fingerprint density at radius 3 is 2.59 bits per heavy atom. The van der Waals surface area contributed by atoms with Gasteiger partial charge in [0.05, 0.1) is 5.25 Å². The number of carbonyl (C=O) groups excluding carboxylic acids is 1. The van der Waals surface area contributed by atoms with E-state index in [1.54, 1.807) is 0 Å². The average molecular weight is 315 g/mol. The van der Waals surface area contributed by atoms with Gasteiger partial charge in [0.2, 0.25) is 0 Å². The molecule has 0 bridgehead atoms. The summed E-state index contributed by atoms with van der Waals surface area (Å²) in [6, 6.07) is 6.43. The van der Waals surface area contributed by atoms with Gasteiger partial charge in [-0.2, -0.15) is 0 Å². The number of aryl methyl sites for hydroxylation is 3. The molecule has 0 unspecified atom stereocenters. The van der Waals surface area contributed by atoms with Crippen molar-refractivity contribution in [2.45, 2.75) is 57.0 Å². The second-order valence-electron chi connectivity index (χ2n) is 6.05. The quantitative estimate of drug-likeness (QED) is 0.620. The van der Waals surface area contributed by atoms with E-state index in [1.165, 1.54) is 30.2 Å². The summed E-state index contributed by atoms with van der Waals surface area (Å²) in [7, 11) is 0. The Morgan fingerprint density at radius 2 is 1.95 bits per heavy atom. The number of ketones is 1. The first-order chi connectivity index (χ1) is 10.5. The molecule has 0 spiro atoms. The SMILES string of the molecule is Cc1ccc(C(=O)[C@H](C)Sc2nnc(C)n2C2CC2)cc1C. The number of thioether (sulfide) groups is 1. The first kappa shape index (κ1) is 15.3. The molecule has 1 fully saturated rings. The van der Waals surface area contributed by atoms with Crippen molar-refractivity contribution in [3.8, 4) is 0 Å². The Kier molecular flexibility index (Phi) is 4.08. The number of benzene rings is 1.